The van der Waals surface area contributed by atoms with Gasteiger partial charge >= 0.3 is 0 Å². The standard InChI is InChI=1S/C16H20ClNO3/c1-9(19)13-5-12(17)4-11(16(13)21)7-18-6-10-2-3-15(20)14(10)8-18/h4-5,10,14-15,20-21H,2-3,6-8H2,1H3. The Balaban J connectivity index is 1.78. The summed E-state index contributed by atoms with van der Waals surface area (Å²) in [6.07, 6.45) is 1.78. The highest BCUT2D eigenvalue weighted by molar-refractivity contribution is 6.31. The average molecular weight is 310 g/mol. The van der Waals surface area contributed by atoms with Gasteiger partial charge < -0.3 is 10.2 Å². The van der Waals surface area contributed by atoms with E-state index in [1.54, 1.807) is 6.07 Å². The first kappa shape index (κ1) is 14.8. The lowest BCUT2D eigenvalue weighted by atomic mass is 10.00. The van der Waals surface area contributed by atoms with E-state index in [1.807, 2.05) is 0 Å². The summed E-state index contributed by atoms with van der Waals surface area (Å²) in [4.78, 5) is 13.8. The second-order valence-electron chi connectivity index (χ2n) is 6.28. The number of halogens is 1. The predicted molar refractivity (Wildman–Crippen MR) is 80.6 cm³/mol. The number of nitrogens with zero attached hydrogens (tertiary/aromatic N) is 1. The average Bonchev–Trinajstić information content (AvgIpc) is 2.95. The minimum Gasteiger partial charge on any atom is -0.507 e. The minimum atomic E-state index is -0.194. The number of phenols is 1. The highest BCUT2D eigenvalue weighted by Crippen LogP contribution is 2.39. The zero-order valence-electron chi connectivity index (χ0n) is 12.1. The van der Waals surface area contributed by atoms with Gasteiger partial charge in [0.15, 0.2) is 5.78 Å². The normalized spacial score (nSPS) is 28.8. The number of hydrogen-bond donors (Lipinski definition) is 2. The Morgan fingerprint density at radius 3 is 2.81 bits per heavy atom. The molecule has 0 aromatic heterocycles. The summed E-state index contributed by atoms with van der Waals surface area (Å²) in [5.41, 5.74) is 0.957. The molecule has 0 amide bonds. The molecular weight excluding hydrogens is 290 g/mol. The van der Waals surface area contributed by atoms with Crippen LogP contribution in [0.5, 0.6) is 5.75 Å². The molecule has 1 saturated carbocycles. The fourth-order valence-corrected chi connectivity index (χ4v) is 3.98. The Kier molecular flexibility index (Phi) is 3.95. The van der Waals surface area contributed by atoms with Crippen molar-refractivity contribution in [1.29, 1.82) is 0 Å². The molecule has 3 rings (SSSR count). The Morgan fingerprint density at radius 1 is 1.38 bits per heavy atom. The number of hydrogen-bond acceptors (Lipinski definition) is 4. The monoisotopic (exact) mass is 309 g/mol. The highest BCUT2D eigenvalue weighted by atomic mass is 35.5. The maximum Gasteiger partial charge on any atom is 0.163 e. The van der Waals surface area contributed by atoms with Gasteiger partial charge in [-0.2, -0.15) is 0 Å². The van der Waals surface area contributed by atoms with Gasteiger partial charge in [-0.05, 0) is 37.8 Å². The van der Waals surface area contributed by atoms with Gasteiger partial charge in [-0.1, -0.05) is 11.6 Å². The molecule has 0 radical (unpaired) electrons. The third-order valence-corrected chi connectivity index (χ3v) is 5.04. The van der Waals surface area contributed by atoms with Crippen LogP contribution in [0.3, 0.4) is 0 Å². The van der Waals surface area contributed by atoms with Gasteiger partial charge in [-0.25, -0.2) is 0 Å². The molecule has 2 fully saturated rings. The Bertz CT molecular complexity index is 575. The van der Waals surface area contributed by atoms with Crippen LogP contribution < -0.4 is 0 Å². The third kappa shape index (κ3) is 2.80. The Morgan fingerprint density at radius 2 is 2.14 bits per heavy atom. The Hall–Kier alpha value is -1.10. The number of benzene rings is 1. The van der Waals surface area contributed by atoms with Crippen LogP contribution >= 0.6 is 11.6 Å². The van der Waals surface area contributed by atoms with Gasteiger partial charge in [0, 0.05) is 36.1 Å². The molecule has 1 aromatic rings. The van der Waals surface area contributed by atoms with Crippen molar-refractivity contribution >= 4 is 17.4 Å². The molecule has 1 saturated heterocycles. The number of aliphatic hydroxyl groups is 1. The van der Waals surface area contributed by atoms with Gasteiger partial charge in [0.25, 0.3) is 0 Å². The highest BCUT2D eigenvalue weighted by Gasteiger charge is 2.41. The maximum absolute atomic E-state index is 11.5. The van der Waals surface area contributed by atoms with E-state index in [1.165, 1.54) is 13.0 Å². The van der Waals surface area contributed by atoms with Crippen molar-refractivity contribution in [2.75, 3.05) is 13.1 Å². The lowest BCUT2D eigenvalue weighted by Gasteiger charge is -2.19. The number of ketones is 1. The summed E-state index contributed by atoms with van der Waals surface area (Å²) in [5.74, 6) is 0.738. The number of Topliss-reactive ketones (excluding diaryl/α,β-unsaturated/α-hetero) is 1. The number of carbonyl (C=O) groups is 1. The molecule has 2 N–H and O–H groups in total. The van der Waals surface area contributed by atoms with Crippen LogP contribution in [0.1, 0.15) is 35.7 Å². The lowest BCUT2D eigenvalue weighted by Crippen LogP contribution is -2.24. The zero-order valence-corrected chi connectivity index (χ0v) is 12.8. The minimum absolute atomic E-state index is 0.0320. The molecule has 1 heterocycles. The molecule has 21 heavy (non-hydrogen) atoms. The van der Waals surface area contributed by atoms with Crippen molar-refractivity contribution in [2.45, 2.75) is 32.4 Å². The number of carbonyl (C=O) groups excluding carboxylic acids is 1. The smallest absolute Gasteiger partial charge is 0.163 e. The predicted octanol–water partition coefficient (Wildman–Crippen LogP) is 2.45. The van der Waals surface area contributed by atoms with Crippen LogP contribution in [0.2, 0.25) is 5.02 Å². The van der Waals surface area contributed by atoms with E-state index < -0.39 is 0 Å². The fraction of sp³-hybridized carbons (Fsp3) is 0.562. The molecule has 2 aliphatic rings. The summed E-state index contributed by atoms with van der Waals surface area (Å²) >= 11 is 6.05. The van der Waals surface area contributed by atoms with E-state index >= 15 is 0 Å². The van der Waals surface area contributed by atoms with Crippen molar-refractivity contribution in [2.24, 2.45) is 11.8 Å². The van der Waals surface area contributed by atoms with Crippen LogP contribution in [0.4, 0.5) is 0 Å². The van der Waals surface area contributed by atoms with Crippen LogP contribution in [0.25, 0.3) is 0 Å². The van der Waals surface area contributed by atoms with Crippen LogP contribution in [-0.2, 0) is 6.54 Å². The quantitative estimate of drug-likeness (QED) is 0.842. The summed E-state index contributed by atoms with van der Waals surface area (Å²) in [6.45, 7) is 3.76. The number of likely N-dealkylation sites (tertiary alicyclic amines) is 1. The van der Waals surface area contributed by atoms with Crippen LogP contribution in [0, 0.1) is 11.8 Å². The number of aromatic hydroxyl groups is 1. The first-order chi connectivity index (χ1) is 9.95. The lowest BCUT2D eigenvalue weighted by molar-refractivity contribution is 0.101. The van der Waals surface area contributed by atoms with Gasteiger partial charge in [0.05, 0.1) is 11.7 Å². The van der Waals surface area contributed by atoms with Crippen molar-refractivity contribution in [3.63, 3.8) is 0 Å². The topological polar surface area (TPSA) is 60.8 Å². The molecule has 5 heteroatoms. The van der Waals surface area contributed by atoms with Crippen LogP contribution in [0.15, 0.2) is 12.1 Å². The van der Waals surface area contributed by atoms with Crippen molar-refractivity contribution in [1.82, 2.24) is 4.90 Å². The van der Waals surface area contributed by atoms with E-state index in [4.69, 9.17) is 11.6 Å². The van der Waals surface area contributed by atoms with E-state index in [-0.39, 0.29) is 23.2 Å². The van der Waals surface area contributed by atoms with E-state index in [0.29, 0.717) is 29.0 Å². The molecule has 1 aliphatic carbocycles. The third-order valence-electron chi connectivity index (χ3n) is 4.82. The van der Waals surface area contributed by atoms with Gasteiger partial charge in [-0.15, -0.1) is 0 Å². The second-order valence-corrected chi connectivity index (χ2v) is 6.72. The SMILES string of the molecule is CC(=O)c1cc(Cl)cc(CN2CC3CCC(O)C3C2)c1O. The van der Waals surface area contributed by atoms with E-state index in [0.717, 1.165) is 25.9 Å². The van der Waals surface area contributed by atoms with Crippen molar-refractivity contribution < 1.29 is 15.0 Å². The van der Waals surface area contributed by atoms with Crippen LogP contribution in [-0.4, -0.2) is 40.1 Å². The number of fused-ring (bicyclic) bond motifs is 1. The summed E-state index contributed by atoms with van der Waals surface area (Å²) in [5, 5.41) is 20.7. The molecule has 3 unspecified atom stereocenters. The summed E-state index contributed by atoms with van der Waals surface area (Å²) in [7, 11) is 0. The van der Waals surface area contributed by atoms with Gasteiger partial charge in [0.1, 0.15) is 5.75 Å². The number of aliphatic hydroxyl groups excluding tert-OH is 1. The van der Waals surface area contributed by atoms with E-state index in [2.05, 4.69) is 4.90 Å². The molecular formula is C16H20ClNO3. The summed E-state index contributed by atoms with van der Waals surface area (Å²) < 4.78 is 0. The maximum atomic E-state index is 11.5. The molecule has 3 atom stereocenters. The number of rotatable bonds is 3. The van der Waals surface area contributed by atoms with E-state index in [9.17, 15) is 15.0 Å². The summed E-state index contributed by atoms with van der Waals surface area (Å²) in [6, 6.07) is 3.22. The molecule has 114 valence electrons. The largest absolute Gasteiger partial charge is 0.507 e. The fourth-order valence-electron chi connectivity index (χ4n) is 3.74. The zero-order chi connectivity index (χ0) is 15.1. The molecule has 0 spiro atoms. The first-order valence-corrected chi connectivity index (χ1v) is 7.76. The molecule has 1 aliphatic heterocycles. The van der Waals surface area contributed by atoms with Crippen molar-refractivity contribution in [3.8, 4) is 5.75 Å². The Labute approximate surface area is 129 Å². The second kappa shape index (κ2) is 5.59. The first-order valence-electron chi connectivity index (χ1n) is 7.38. The van der Waals surface area contributed by atoms with Gasteiger partial charge in [0.2, 0.25) is 0 Å². The van der Waals surface area contributed by atoms with Gasteiger partial charge in [-0.3, -0.25) is 9.69 Å². The molecule has 0 bridgehead atoms. The molecule has 4 nitrogen and oxygen atoms in total. The van der Waals surface area contributed by atoms with Crippen molar-refractivity contribution in [3.05, 3.63) is 28.3 Å². The molecule has 1 aromatic carbocycles. The number of phenolic OH excluding ortho intramolecular Hbond substituents is 1.